The molecular formula is C14H18ClF5N2. The van der Waals surface area contributed by atoms with Gasteiger partial charge in [-0.2, -0.15) is 13.2 Å². The summed E-state index contributed by atoms with van der Waals surface area (Å²) in [4.78, 5) is 1.93. The van der Waals surface area contributed by atoms with E-state index in [1.54, 1.807) is 0 Å². The maximum Gasteiger partial charge on any atom is 0.419 e. The van der Waals surface area contributed by atoms with Gasteiger partial charge >= 0.3 is 6.18 Å². The van der Waals surface area contributed by atoms with E-state index in [4.69, 9.17) is 0 Å². The highest BCUT2D eigenvalue weighted by Crippen LogP contribution is 2.34. The fraction of sp³-hybridized carbons (Fsp3) is 0.571. The Bertz CT molecular complexity index is 475. The second-order valence-electron chi connectivity index (χ2n) is 5.02. The van der Waals surface area contributed by atoms with E-state index in [1.807, 2.05) is 4.90 Å². The molecule has 8 heteroatoms. The third-order valence-corrected chi connectivity index (χ3v) is 3.66. The molecule has 2 nitrogen and oxygen atoms in total. The van der Waals surface area contributed by atoms with Crippen molar-refractivity contribution in [3.05, 3.63) is 35.1 Å². The van der Waals surface area contributed by atoms with Crippen LogP contribution in [0.2, 0.25) is 0 Å². The topological polar surface area (TPSA) is 15.3 Å². The summed E-state index contributed by atoms with van der Waals surface area (Å²) < 4.78 is 64.4. The van der Waals surface area contributed by atoms with Crippen molar-refractivity contribution in [1.82, 2.24) is 10.2 Å². The molecule has 1 heterocycles. The maximum atomic E-state index is 13.3. The molecule has 0 amide bonds. The molecule has 1 N–H and O–H groups in total. The Balaban J connectivity index is 0.00000242. The number of hydrogen-bond acceptors (Lipinski definition) is 2. The zero-order chi connectivity index (χ0) is 15.5. The summed E-state index contributed by atoms with van der Waals surface area (Å²) in [5.74, 6) is -1.30. The molecule has 1 aliphatic rings. The van der Waals surface area contributed by atoms with E-state index >= 15 is 0 Å². The van der Waals surface area contributed by atoms with Crippen molar-refractivity contribution in [3.8, 4) is 0 Å². The molecule has 0 spiro atoms. The van der Waals surface area contributed by atoms with Gasteiger partial charge in [-0.25, -0.2) is 4.39 Å². The molecule has 1 atom stereocenters. The van der Waals surface area contributed by atoms with Crippen LogP contribution in [0.3, 0.4) is 0 Å². The van der Waals surface area contributed by atoms with Gasteiger partial charge in [-0.15, -0.1) is 12.4 Å². The van der Waals surface area contributed by atoms with Gasteiger partial charge in [0.15, 0.2) is 0 Å². The monoisotopic (exact) mass is 344 g/mol. The third-order valence-electron chi connectivity index (χ3n) is 3.66. The Morgan fingerprint density at radius 3 is 2.36 bits per heavy atom. The van der Waals surface area contributed by atoms with E-state index in [-0.39, 0.29) is 18.8 Å². The molecule has 0 radical (unpaired) electrons. The number of nitrogens with one attached hydrogen (secondary N) is 1. The number of hydrogen-bond donors (Lipinski definition) is 1. The van der Waals surface area contributed by atoms with Gasteiger partial charge in [0.1, 0.15) is 5.82 Å². The van der Waals surface area contributed by atoms with Gasteiger partial charge in [-0.1, -0.05) is 6.07 Å². The van der Waals surface area contributed by atoms with Gasteiger partial charge in [0.05, 0.1) is 12.2 Å². The lowest BCUT2D eigenvalue weighted by atomic mass is 9.99. The van der Waals surface area contributed by atoms with Crippen molar-refractivity contribution >= 4 is 12.4 Å². The fourth-order valence-corrected chi connectivity index (χ4v) is 2.62. The highest BCUT2D eigenvalue weighted by atomic mass is 35.5. The summed E-state index contributed by atoms with van der Waals surface area (Å²) in [7, 11) is 0. The van der Waals surface area contributed by atoms with Gasteiger partial charge < -0.3 is 5.32 Å². The lowest BCUT2D eigenvalue weighted by Gasteiger charge is -2.35. The SMILES string of the molecule is Cl.FCC[C@@H](c1ccc(F)c(C(F)(F)F)c1)N1CCNCC1. The summed E-state index contributed by atoms with van der Waals surface area (Å²) in [6.45, 7) is 2.03. The largest absolute Gasteiger partial charge is 0.419 e. The van der Waals surface area contributed by atoms with E-state index in [2.05, 4.69) is 5.32 Å². The maximum absolute atomic E-state index is 13.3. The van der Waals surface area contributed by atoms with Crippen LogP contribution in [0.4, 0.5) is 22.0 Å². The average Bonchev–Trinajstić information content (AvgIpc) is 2.45. The number of rotatable bonds is 4. The minimum Gasteiger partial charge on any atom is -0.314 e. The van der Waals surface area contributed by atoms with Crippen molar-refractivity contribution < 1.29 is 22.0 Å². The summed E-state index contributed by atoms with van der Waals surface area (Å²) in [6, 6.07) is 2.47. The molecule has 1 aliphatic heterocycles. The smallest absolute Gasteiger partial charge is 0.314 e. The van der Waals surface area contributed by atoms with E-state index in [0.717, 1.165) is 12.1 Å². The van der Waals surface area contributed by atoms with Crippen molar-refractivity contribution in [2.45, 2.75) is 18.6 Å². The molecular weight excluding hydrogens is 327 g/mol. The van der Waals surface area contributed by atoms with Gasteiger partial charge in [-0.05, 0) is 24.1 Å². The first kappa shape index (κ1) is 19.1. The van der Waals surface area contributed by atoms with Crippen LogP contribution in [-0.2, 0) is 6.18 Å². The number of piperazine rings is 1. The first-order valence-electron chi connectivity index (χ1n) is 6.81. The molecule has 0 unspecified atom stereocenters. The molecule has 1 aromatic carbocycles. The molecule has 0 aromatic heterocycles. The second-order valence-corrected chi connectivity index (χ2v) is 5.02. The Hall–Kier alpha value is -0.920. The Morgan fingerprint density at radius 2 is 1.82 bits per heavy atom. The minimum absolute atomic E-state index is 0. The van der Waals surface area contributed by atoms with Gasteiger partial charge in [0.2, 0.25) is 0 Å². The molecule has 1 fully saturated rings. The fourth-order valence-electron chi connectivity index (χ4n) is 2.62. The van der Waals surface area contributed by atoms with E-state index in [9.17, 15) is 22.0 Å². The normalized spacial score (nSPS) is 17.9. The van der Waals surface area contributed by atoms with Crippen molar-refractivity contribution in [2.24, 2.45) is 0 Å². The number of benzene rings is 1. The minimum atomic E-state index is -4.75. The lowest BCUT2D eigenvalue weighted by Crippen LogP contribution is -2.45. The van der Waals surface area contributed by atoms with Crippen LogP contribution in [0.5, 0.6) is 0 Å². The molecule has 22 heavy (non-hydrogen) atoms. The van der Waals surface area contributed by atoms with Crippen LogP contribution in [0, 0.1) is 5.82 Å². The van der Waals surface area contributed by atoms with Crippen molar-refractivity contribution in [1.29, 1.82) is 0 Å². The van der Waals surface area contributed by atoms with Crippen LogP contribution in [0.25, 0.3) is 0 Å². The Kier molecular flexibility index (Phi) is 7.02. The van der Waals surface area contributed by atoms with Crippen LogP contribution < -0.4 is 5.32 Å². The Labute approximate surface area is 132 Å². The molecule has 0 aliphatic carbocycles. The average molecular weight is 345 g/mol. The highest BCUT2D eigenvalue weighted by molar-refractivity contribution is 5.85. The number of halogens is 6. The van der Waals surface area contributed by atoms with Crippen LogP contribution in [0.1, 0.15) is 23.6 Å². The molecule has 0 saturated carbocycles. The van der Waals surface area contributed by atoms with Crippen molar-refractivity contribution in [2.75, 3.05) is 32.9 Å². The zero-order valence-electron chi connectivity index (χ0n) is 11.8. The van der Waals surface area contributed by atoms with E-state index in [1.165, 1.54) is 6.07 Å². The molecule has 1 saturated heterocycles. The van der Waals surface area contributed by atoms with E-state index in [0.29, 0.717) is 31.7 Å². The van der Waals surface area contributed by atoms with Gasteiger partial charge in [0, 0.05) is 32.2 Å². The Morgan fingerprint density at radius 1 is 1.18 bits per heavy atom. The highest BCUT2D eigenvalue weighted by Gasteiger charge is 2.35. The molecule has 1 aromatic rings. The first-order chi connectivity index (χ1) is 9.93. The summed E-state index contributed by atoms with van der Waals surface area (Å²) >= 11 is 0. The number of alkyl halides is 4. The number of nitrogens with zero attached hydrogens (tertiary/aromatic N) is 1. The van der Waals surface area contributed by atoms with E-state index < -0.39 is 30.3 Å². The third kappa shape index (κ3) is 4.54. The van der Waals surface area contributed by atoms with Crippen LogP contribution >= 0.6 is 12.4 Å². The zero-order valence-corrected chi connectivity index (χ0v) is 12.6. The molecule has 2 rings (SSSR count). The lowest BCUT2D eigenvalue weighted by molar-refractivity contribution is -0.140. The second kappa shape index (κ2) is 8.08. The van der Waals surface area contributed by atoms with Crippen LogP contribution in [0.15, 0.2) is 18.2 Å². The molecule has 0 bridgehead atoms. The molecule has 126 valence electrons. The summed E-state index contributed by atoms with van der Waals surface area (Å²) in [6.07, 6.45) is -4.65. The summed E-state index contributed by atoms with van der Waals surface area (Å²) in [5.41, 5.74) is -0.984. The van der Waals surface area contributed by atoms with Crippen molar-refractivity contribution in [3.63, 3.8) is 0 Å². The van der Waals surface area contributed by atoms with Gasteiger partial charge in [-0.3, -0.25) is 9.29 Å². The predicted molar refractivity (Wildman–Crippen MR) is 76.4 cm³/mol. The summed E-state index contributed by atoms with van der Waals surface area (Å²) in [5, 5.41) is 3.13. The van der Waals surface area contributed by atoms with Crippen LogP contribution in [-0.4, -0.2) is 37.8 Å². The van der Waals surface area contributed by atoms with Gasteiger partial charge in [0.25, 0.3) is 0 Å². The standard InChI is InChI=1S/C14H17F5N2.ClH/c15-4-3-13(21-7-5-20-6-8-21)10-1-2-12(16)11(9-10)14(17,18)19;/h1-2,9,13,20H,3-8H2;1H/t13-;/m0./s1. The quantitative estimate of drug-likeness (QED) is 0.840. The predicted octanol–water partition coefficient (Wildman–Crippen LogP) is 3.57. The first-order valence-corrected chi connectivity index (χ1v) is 6.81.